The number of nitrogens with one attached hydrogen (secondary N) is 1. The van der Waals surface area contributed by atoms with Crippen LogP contribution in [0.3, 0.4) is 0 Å². The predicted molar refractivity (Wildman–Crippen MR) is 94.3 cm³/mol. The van der Waals surface area contributed by atoms with Gasteiger partial charge in [-0.1, -0.05) is 23.5 Å². The highest BCUT2D eigenvalue weighted by molar-refractivity contribution is 7.13. The Morgan fingerprint density at radius 1 is 1.31 bits per heavy atom. The summed E-state index contributed by atoms with van der Waals surface area (Å²) in [5.41, 5.74) is 1.47. The number of hydrogen-bond acceptors (Lipinski definition) is 7. The summed E-state index contributed by atoms with van der Waals surface area (Å²) in [6, 6.07) is 7.17. The minimum atomic E-state index is -0.538. The van der Waals surface area contributed by atoms with Gasteiger partial charge in [-0.2, -0.15) is 0 Å². The van der Waals surface area contributed by atoms with Gasteiger partial charge in [0.05, 0.1) is 25.3 Å². The zero-order valence-corrected chi connectivity index (χ0v) is 14.8. The van der Waals surface area contributed by atoms with Crippen LogP contribution in [0.5, 0.6) is 5.75 Å². The molecule has 2 aromatic rings. The first kappa shape index (κ1) is 16.9. The zero-order valence-electron chi connectivity index (χ0n) is 14.0. The first-order chi connectivity index (χ1) is 12.7. The lowest BCUT2D eigenvalue weighted by molar-refractivity contribution is -0.117. The number of nitrogens with zero attached hydrogens (tertiary/aromatic N) is 3. The molecule has 4 rings (SSSR count). The van der Waals surface area contributed by atoms with Crippen molar-refractivity contribution in [1.82, 2.24) is 15.1 Å². The molecule has 1 aromatic heterocycles. The average Bonchev–Trinajstić information content (AvgIpc) is 3.11. The summed E-state index contributed by atoms with van der Waals surface area (Å²) in [6.07, 6.45) is 1.34. The average molecular weight is 374 g/mol. The lowest BCUT2D eigenvalue weighted by Crippen LogP contribution is -2.52. The van der Waals surface area contributed by atoms with Gasteiger partial charge >= 0.3 is 0 Å². The molecule has 2 aliphatic heterocycles. The molecule has 1 aromatic carbocycles. The molecule has 0 aliphatic carbocycles. The molecule has 0 bridgehead atoms. The summed E-state index contributed by atoms with van der Waals surface area (Å²) in [6.45, 7) is 1.41. The Kier molecular flexibility index (Phi) is 4.56. The fraction of sp³-hybridized carbons (Fsp3) is 0.412. The molecule has 0 radical (unpaired) electrons. The van der Waals surface area contributed by atoms with E-state index in [0.717, 1.165) is 0 Å². The Balaban J connectivity index is 1.60. The van der Waals surface area contributed by atoms with E-state index in [9.17, 15) is 9.59 Å². The molecule has 3 heterocycles. The Bertz CT molecular complexity index is 805. The van der Waals surface area contributed by atoms with Crippen molar-refractivity contribution in [3.05, 3.63) is 35.3 Å². The highest BCUT2D eigenvalue weighted by atomic mass is 32.1. The first-order valence-corrected chi connectivity index (χ1v) is 9.24. The van der Waals surface area contributed by atoms with Crippen LogP contribution >= 0.6 is 11.3 Å². The van der Waals surface area contributed by atoms with Crippen molar-refractivity contribution >= 4 is 28.3 Å². The number of carbonyl (C=O) groups excluding carboxylic acids is 2. The van der Waals surface area contributed by atoms with E-state index in [0.29, 0.717) is 49.0 Å². The second kappa shape index (κ2) is 7.00. The van der Waals surface area contributed by atoms with Crippen LogP contribution < -0.4 is 10.1 Å². The van der Waals surface area contributed by atoms with Crippen LogP contribution in [0.1, 0.15) is 23.2 Å². The van der Waals surface area contributed by atoms with Gasteiger partial charge in [0.25, 0.3) is 5.91 Å². The molecule has 9 heteroatoms. The monoisotopic (exact) mass is 374 g/mol. The first-order valence-electron chi connectivity index (χ1n) is 8.36. The van der Waals surface area contributed by atoms with E-state index >= 15 is 0 Å². The topological polar surface area (TPSA) is 93.7 Å². The summed E-state index contributed by atoms with van der Waals surface area (Å²) >= 11 is 1.23. The van der Waals surface area contributed by atoms with Gasteiger partial charge in [0.1, 0.15) is 23.4 Å². The van der Waals surface area contributed by atoms with E-state index in [2.05, 4.69) is 15.5 Å². The van der Waals surface area contributed by atoms with Gasteiger partial charge in [0.15, 0.2) is 0 Å². The molecule has 1 fully saturated rings. The van der Waals surface area contributed by atoms with Crippen molar-refractivity contribution in [2.24, 2.45) is 0 Å². The smallest absolute Gasteiger partial charge is 0.258 e. The van der Waals surface area contributed by atoms with Crippen molar-refractivity contribution in [1.29, 1.82) is 0 Å². The standard InChI is InChI=1S/C17H18N4O4S/c22-14(19-16-20-18-11-26-16)9-21-10-17(5-7-24-8-6-17)25-13-4-2-1-3-12(13)15(21)23/h1-4,11H,5-10H2,(H,19,20,22). The van der Waals surface area contributed by atoms with Crippen molar-refractivity contribution in [3.8, 4) is 5.75 Å². The van der Waals surface area contributed by atoms with Crippen molar-refractivity contribution < 1.29 is 19.1 Å². The van der Waals surface area contributed by atoms with E-state index in [4.69, 9.17) is 9.47 Å². The van der Waals surface area contributed by atoms with Gasteiger partial charge < -0.3 is 14.4 Å². The molecule has 2 amide bonds. The predicted octanol–water partition coefficient (Wildman–Crippen LogP) is 1.56. The zero-order chi connectivity index (χ0) is 18.0. The number of anilines is 1. The lowest BCUT2D eigenvalue weighted by Gasteiger charge is -2.38. The third-order valence-corrected chi connectivity index (χ3v) is 5.16. The highest BCUT2D eigenvalue weighted by Gasteiger charge is 2.42. The van der Waals surface area contributed by atoms with Crippen LogP contribution in [-0.4, -0.2) is 58.8 Å². The molecule has 2 aliphatic rings. The molecule has 0 unspecified atom stereocenters. The van der Waals surface area contributed by atoms with Crippen LogP contribution in [0.2, 0.25) is 0 Å². The minimum Gasteiger partial charge on any atom is -0.484 e. The molecule has 8 nitrogen and oxygen atoms in total. The van der Waals surface area contributed by atoms with Gasteiger partial charge in [-0.15, -0.1) is 10.2 Å². The van der Waals surface area contributed by atoms with E-state index in [1.807, 2.05) is 6.07 Å². The number of hydrogen-bond donors (Lipinski definition) is 1. The van der Waals surface area contributed by atoms with Crippen LogP contribution in [0, 0.1) is 0 Å². The van der Waals surface area contributed by atoms with E-state index < -0.39 is 5.60 Å². The largest absolute Gasteiger partial charge is 0.484 e. The van der Waals surface area contributed by atoms with Gasteiger partial charge in [0.2, 0.25) is 11.0 Å². The summed E-state index contributed by atoms with van der Waals surface area (Å²) in [5, 5.41) is 10.6. The molecule has 26 heavy (non-hydrogen) atoms. The van der Waals surface area contributed by atoms with Gasteiger partial charge in [-0.05, 0) is 12.1 Å². The molecule has 0 atom stereocenters. The second-order valence-electron chi connectivity index (χ2n) is 6.35. The third kappa shape index (κ3) is 3.40. The maximum atomic E-state index is 13.0. The Morgan fingerprint density at radius 2 is 2.12 bits per heavy atom. The van der Waals surface area contributed by atoms with Gasteiger partial charge in [0, 0.05) is 12.8 Å². The molecule has 136 valence electrons. The van der Waals surface area contributed by atoms with Crippen LogP contribution in [-0.2, 0) is 9.53 Å². The summed E-state index contributed by atoms with van der Waals surface area (Å²) in [5.74, 6) is 0.0412. The summed E-state index contributed by atoms with van der Waals surface area (Å²) < 4.78 is 11.7. The Labute approximate surface area is 154 Å². The fourth-order valence-electron chi connectivity index (χ4n) is 3.28. The van der Waals surface area contributed by atoms with Crippen molar-refractivity contribution in [2.45, 2.75) is 18.4 Å². The van der Waals surface area contributed by atoms with E-state index in [1.165, 1.54) is 16.8 Å². The summed E-state index contributed by atoms with van der Waals surface area (Å²) in [7, 11) is 0. The fourth-order valence-corrected chi connectivity index (χ4v) is 3.74. The number of ether oxygens (including phenoxy) is 2. The van der Waals surface area contributed by atoms with Crippen LogP contribution in [0.25, 0.3) is 0 Å². The molecule has 1 N–H and O–H groups in total. The maximum Gasteiger partial charge on any atom is 0.258 e. The normalized spacial score (nSPS) is 18.8. The highest BCUT2D eigenvalue weighted by Crippen LogP contribution is 2.34. The molecule has 0 saturated carbocycles. The lowest BCUT2D eigenvalue weighted by atomic mass is 9.93. The number of para-hydroxylation sites is 1. The van der Waals surface area contributed by atoms with Crippen molar-refractivity contribution in [3.63, 3.8) is 0 Å². The Morgan fingerprint density at radius 3 is 2.88 bits per heavy atom. The molecular formula is C17H18N4O4S. The van der Waals surface area contributed by atoms with E-state index in [-0.39, 0.29) is 18.4 Å². The minimum absolute atomic E-state index is 0.0707. The molecular weight excluding hydrogens is 356 g/mol. The van der Waals surface area contributed by atoms with Gasteiger partial charge in [-0.3, -0.25) is 14.9 Å². The number of fused-ring (bicyclic) bond motifs is 1. The number of rotatable bonds is 3. The second-order valence-corrected chi connectivity index (χ2v) is 7.18. The number of benzene rings is 1. The van der Waals surface area contributed by atoms with Crippen molar-refractivity contribution in [2.75, 3.05) is 31.6 Å². The van der Waals surface area contributed by atoms with Gasteiger partial charge in [-0.25, -0.2) is 0 Å². The molecule has 1 saturated heterocycles. The molecule has 1 spiro atoms. The van der Waals surface area contributed by atoms with Crippen LogP contribution in [0.15, 0.2) is 29.8 Å². The number of aromatic nitrogens is 2. The number of carbonyl (C=O) groups is 2. The maximum absolute atomic E-state index is 13.0. The number of amides is 2. The van der Waals surface area contributed by atoms with E-state index in [1.54, 1.807) is 23.1 Å². The van der Waals surface area contributed by atoms with Crippen LogP contribution in [0.4, 0.5) is 5.13 Å². The third-order valence-electron chi connectivity index (χ3n) is 4.56. The summed E-state index contributed by atoms with van der Waals surface area (Å²) in [4.78, 5) is 26.9. The quantitative estimate of drug-likeness (QED) is 0.876. The SMILES string of the molecule is O=C(CN1CC2(CCOCC2)Oc2ccccc2C1=O)Nc1nncs1. The Hall–Kier alpha value is -2.52.